The molecule has 2 aromatic rings. The molecule has 2 aliphatic heterocycles. The third-order valence-corrected chi connectivity index (χ3v) is 5.27. The van der Waals surface area contributed by atoms with E-state index in [9.17, 15) is 9.59 Å². The Morgan fingerprint density at radius 1 is 1.41 bits per heavy atom. The number of likely N-dealkylation sites (tertiary alicyclic amines) is 1. The van der Waals surface area contributed by atoms with Crippen molar-refractivity contribution >= 4 is 45.1 Å². The maximum atomic E-state index is 12.4. The Hall–Kier alpha value is -1.86. The van der Waals surface area contributed by atoms with Crippen LogP contribution in [0.3, 0.4) is 0 Å². The summed E-state index contributed by atoms with van der Waals surface area (Å²) in [6, 6.07) is 5.51. The van der Waals surface area contributed by atoms with Crippen LogP contribution in [0.2, 0.25) is 5.02 Å². The van der Waals surface area contributed by atoms with Crippen molar-refractivity contribution in [3.63, 3.8) is 0 Å². The Balaban J connectivity index is 1.47. The van der Waals surface area contributed by atoms with Crippen molar-refractivity contribution < 1.29 is 9.59 Å². The smallest absolute Gasteiger partial charge is 0.317 e. The van der Waals surface area contributed by atoms with Crippen LogP contribution in [0.5, 0.6) is 0 Å². The van der Waals surface area contributed by atoms with Gasteiger partial charge in [-0.15, -0.1) is 11.3 Å². The van der Waals surface area contributed by atoms with Gasteiger partial charge in [-0.3, -0.25) is 4.79 Å². The summed E-state index contributed by atoms with van der Waals surface area (Å²) < 4.78 is 0.948. The number of rotatable bonds is 2. The van der Waals surface area contributed by atoms with Crippen LogP contribution in [0.4, 0.5) is 4.79 Å². The van der Waals surface area contributed by atoms with E-state index in [1.165, 1.54) is 11.3 Å². The van der Waals surface area contributed by atoms with Gasteiger partial charge in [0.1, 0.15) is 0 Å². The molecule has 2 fully saturated rings. The molecule has 6 nitrogen and oxygen atoms in total. The molecule has 8 heteroatoms. The third-order valence-electron chi connectivity index (χ3n) is 4.01. The van der Waals surface area contributed by atoms with Crippen LogP contribution in [0.1, 0.15) is 9.80 Å². The molecule has 1 aromatic heterocycles. The topological polar surface area (TPSA) is 65.5 Å². The van der Waals surface area contributed by atoms with Gasteiger partial charge >= 0.3 is 6.03 Å². The quantitative estimate of drug-likeness (QED) is 0.909. The molecular weight excluding hydrogens is 324 g/mol. The lowest BCUT2D eigenvalue weighted by Gasteiger charge is -2.42. The molecule has 0 aliphatic carbocycles. The number of nitrogens with one attached hydrogen (secondary N) is 1. The van der Waals surface area contributed by atoms with E-state index < -0.39 is 0 Å². The third kappa shape index (κ3) is 2.21. The van der Waals surface area contributed by atoms with Gasteiger partial charge in [-0.25, -0.2) is 9.78 Å². The molecule has 1 aromatic carbocycles. The number of urea groups is 1. The second kappa shape index (κ2) is 5.10. The van der Waals surface area contributed by atoms with Crippen molar-refractivity contribution in [1.82, 2.24) is 20.1 Å². The summed E-state index contributed by atoms with van der Waals surface area (Å²) in [5.74, 6) is -0.0758. The number of fused-ring (bicyclic) bond motifs is 1. The lowest BCUT2D eigenvalue weighted by atomic mass is 10.1. The minimum absolute atomic E-state index is 0.0354. The van der Waals surface area contributed by atoms with Gasteiger partial charge in [0.05, 0.1) is 16.3 Å². The lowest BCUT2D eigenvalue weighted by Crippen LogP contribution is -2.61. The Labute approximate surface area is 135 Å². The molecule has 114 valence electrons. The van der Waals surface area contributed by atoms with Gasteiger partial charge in [0, 0.05) is 31.2 Å². The van der Waals surface area contributed by atoms with E-state index in [-0.39, 0.29) is 18.0 Å². The summed E-state index contributed by atoms with van der Waals surface area (Å²) >= 11 is 7.31. The second-order valence-electron chi connectivity index (χ2n) is 5.42. The number of halogens is 1. The highest BCUT2D eigenvalue weighted by Crippen LogP contribution is 2.27. The molecule has 0 unspecified atom stereocenters. The number of hydrogen-bond donors (Lipinski definition) is 1. The van der Waals surface area contributed by atoms with Crippen molar-refractivity contribution in [2.45, 2.75) is 6.04 Å². The van der Waals surface area contributed by atoms with E-state index in [1.54, 1.807) is 21.9 Å². The SMILES string of the molecule is O=C(c1nc2cc(Cl)ccc2s1)N1CC(N2CCNC2=O)C1. The molecule has 0 saturated carbocycles. The van der Waals surface area contributed by atoms with Crippen molar-refractivity contribution in [3.8, 4) is 0 Å². The maximum Gasteiger partial charge on any atom is 0.317 e. The van der Waals surface area contributed by atoms with Crippen LogP contribution in [0.25, 0.3) is 10.2 Å². The molecule has 1 N–H and O–H groups in total. The normalized spacial score (nSPS) is 18.7. The number of carbonyl (C=O) groups is 2. The zero-order valence-electron chi connectivity index (χ0n) is 11.6. The number of carbonyl (C=O) groups excluding carboxylic acids is 2. The van der Waals surface area contributed by atoms with Gasteiger partial charge in [0.15, 0.2) is 5.01 Å². The zero-order chi connectivity index (χ0) is 15.3. The van der Waals surface area contributed by atoms with E-state index in [2.05, 4.69) is 10.3 Å². The highest BCUT2D eigenvalue weighted by Gasteiger charge is 2.39. The van der Waals surface area contributed by atoms with Crippen LogP contribution in [0, 0.1) is 0 Å². The molecule has 3 heterocycles. The molecular formula is C14H13ClN4O2S. The summed E-state index contributed by atoms with van der Waals surface area (Å²) in [4.78, 5) is 31.9. The fourth-order valence-corrected chi connectivity index (χ4v) is 3.86. The Bertz CT molecular complexity index is 771. The van der Waals surface area contributed by atoms with E-state index in [1.807, 2.05) is 6.07 Å². The molecule has 0 spiro atoms. The number of nitrogens with zero attached hydrogens (tertiary/aromatic N) is 3. The average molecular weight is 337 g/mol. The fraction of sp³-hybridized carbons (Fsp3) is 0.357. The number of thiazole rings is 1. The first-order chi connectivity index (χ1) is 10.6. The van der Waals surface area contributed by atoms with Gasteiger partial charge in [-0.05, 0) is 18.2 Å². The van der Waals surface area contributed by atoms with Crippen LogP contribution in [-0.4, -0.2) is 58.9 Å². The first-order valence-corrected chi connectivity index (χ1v) is 8.21. The number of amides is 3. The number of aromatic nitrogens is 1. The van der Waals surface area contributed by atoms with E-state index in [0.717, 1.165) is 10.2 Å². The summed E-state index contributed by atoms with van der Waals surface area (Å²) in [7, 11) is 0. The predicted molar refractivity (Wildman–Crippen MR) is 84.4 cm³/mol. The fourth-order valence-electron chi connectivity index (χ4n) is 2.78. The van der Waals surface area contributed by atoms with Crippen LogP contribution in [0.15, 0.2) is 18.2 Å². The summed E-state index contributed by atoms with van der Waals surface area (Å²) in [5.41, 5.74) is 0.747. The monoisotopic (exact) mass is 336 g/mol. The first-order valence-electron chi connectivity index (χ1n) is 7.01. The molecule has 22 heavy (non-hydrogen) atoms. The van der Waals surface area contributed by atoms with Gasteiger partial charge in [-0.2, -0.15) is 0 Å². The highest BCUT2D eigenvalue weighted by atomic mass is 35.5. The van der Waals surface area contributed by atoms with Crippen molar-refractivity contribution in [2.75, 3.05) is 26.2 Å². The Kier molecular flexibility index (Phi) is 3.19. The standard InChI is InChI=1S/C14H13ClN4O2S/c15-8-1-2-11-10(5-8)17-12(22-11)13(20)18-6-9(7-18)19-4-3-16-14(19)21/h1-2,5,9H,3-4,6-7H2,(H,16,21). The van der Waals surface area contributed by atoms with Gasteiger partial charge in [0.2, 0.25) is 0 Å². The van der Waals surface area contributed by atoms with Crippen molar-refractivity contribution in [1.29, 1.82) is 0 Å². The van der Waals surface area contributed by atoms with Gasteiger partial charge < -0.3 is 15.1 Å². The highest BCUT2D eigenvalue weighted by molar-refractivity contribution is 7.20. The minimum atomic E-state index is -0.0758. The summed E-state index contributed by atoms with van der Waals surface area (Å²) in [6.07, 6.45) is 0. The molecule has 2 aliphatic rings. The predicted octanol–water partition coefficient (Wildman–Crippen LogP) is 1.80. The minimum Gasteiger partial charge on any atom is -0.336 e. The molecule has 2 saturated heterocycles. The lowest BCUT2D eigenvalue weighted by molar-refractivity contribution is 0.0407. The van der Waals surface area contributed by atoms with Gasteiger partial charge in [-0.1, -0.05) is 11.6 Å². The average Bonchev–Trinajstić information content (AvgIpc) is 3.03. The Morgan fingerprint density at radius 2 is 2.23 bits per heavy atom. The first kappa shape index (κ1) is 13.8. The Morgan fingerprint density at radius 3 is 2.95 bits per heavy atom. The molecule has 0 bridgehead atoms. The molecule has 4 rings (SSSR count). The second-order valence-corrected chi connectivity index (χ2v) is 6.89. The number of hydrogen-bond acceptors (Lipinski definition) is 4. The molecule has 3 amide bonds. The van der Waals surface area contributed by atoms with E-state index in [0.29, 0.717) is 36.2 Å². The zero-order valence-corrected chi connectivity index (χ0v) is 13.2. The van der Waals surface area contributed by atoms with Crippen LogP contribution in [-0.2, 0) is 0 Å². The van der Waals surface area contributed by atoms with Crippen molar-refractivity contribution in [3.05, 3.63) is 28.2 Å². The maximum absolute atomic E-state index is 12.4. The largest absolute Gasteiger partial charge is 0.336 e. The van der Waals surface area contributed by atoms with Crippen LogP contribution >= 0.6 is 22.9 Å². The van der Waals surface area contributed by atoms with E-state index >= 15 is 0 Å². The van der Waals surface area contributed by atoms with E-state index in [4.69, 9.17) is 11.6 Å². The number of benzene rings is 1. The summed E-state index contributed by atoms with van der Waals surface area (Å²) in [6.45, 7) is 2.54. The summed E-state index contributed by atoms with van der Waals surface area (Å²) in [5, 5.41) is 3.86. The molecule has 0 radical (unpaired) electrons. The van der Waals surface area contributed by atoms with Gasteiger partial charge in [0.25, 0.3) is 5.91 Å². The molecule has 0 atom stereocenters. The van der Waals surface area contributed by atoms with Crippen molar-refractivity contribution in [2.24, 2.45) is 0 Å². The van der Waals surface area contributed by atoms with Crippen LogP contribution < -0.4 is 5.32 Å².